The van der Waals surface area contributed by atoms with Gasteiger partial charge in [-0.05, 0) is 10.3 Å². The maximum absolute atomic E-state index is 11.4. The molecule has 0 aliphatic carbocycles. The summed E-state index contributed by atoms with van der Waals surface area (Å²) in [6.45, 7) is 0.0513. The summed E-state index contributed by atoms with van der Waals surface area (Å²) in [6.07, 6.45) is 0. The Kier molecular flexibility index (Phi) is 2.21. The van der Waals surface area contributed by atoms with E-state index in [2.05, 4.69) is 30.6 Å². The first kappa shape index (κ1) is 9.40. The molecule has 4 N–H and O–H groups in total. The summed E-state index contributed by atoms with van der Waals surface area (Å²) in [5.74, 6) is -1.20. The fourth-order valence-electron chi connectivity index (χ4n) is 1.03. The zero-order valence-corrected chi connectivity index (χ0v) is 7.39. The molecule has 80 valence electrons. The number of rotatable bonds is 2. The molecular weight excluding hydrogens is 206 g/mol. The van der Waals surface area contributed by atoms with Crippen LogP contribution in [0.1, 0.15) is 10.5 Å². The SMILES string of the molecule is Nc1nonc1C(=O)N[C@@H]1CONC1=O. The van der Waals surface area contributed by atoms with Crippen molar-refractivity contribution in [2.75, 3.05) is 12.3 Å². The zero-order chi connectivity index (χ0) is 10.8. The Labute approximate surface area is 82.9 Å². The molecule has 1 fully saturated rings. The van der Waals surface area contributed by atoms with Crippen molar-refractivity contribution in [1.82, 2.24) is 21.1 Å². The predicted octanol–water partition coefficient (Wildman–Crippen LogP) is -2.19. The molecule has 2 heterocycles. The number of amides is 2. The monoisotopic (exact) mass is 213 g/mol. The lowest BCUT2D eigenvalue weighted by Crippen LogP contribution is -2.41. The van der Waals surface area contributed by atoms with E-state index in [0.717, 1.165) is 0 Å². The highest BCUT2D eigenvalue weighted by Gasteiger charge is 2.29. The largest absolute Gasteiger partial charge is 0.379 e. The third-order valence-corrected chi connectivity index (χ3v) is 1.77. The van der Waals surface area contributed by atoms with Crippen LogP contribution in [0.4, 0.5) is 5.82 Å². The van der Waals surface area contributed by atoms with Crippen LogP contribution < -0.4 is 16.5 Å². The lowest BCUT2D eigenvalue weighted by atomic mass is 10.3. The minimum absolute atomic E-state index is 0.0513. The number of carbonyl (C=O) groups is 2. The summed E-state index contributed by atoms with van der Waals surface area (Å²) >= 11 is 0. The van der Waals surface area contributed by atoms with E-state index in [0.29, 0.717) is 0 Å². The van der Waals surface area contributed by atoms with Gasteiger partial charge in [0.15, 0.2) is 0 Å². The van der Waals surface area contributed by atoms with Crippen molar-refractivity contribution in [1.29, 1.82) is 0 Å². The van der Waals surface area contributed by atoms with E-state index in [9.17, 15) is 9.59 Å². The van der Waals surface area contributed by atoms with Crippen LogP contribution in [-0.4, -0.2) is 34.8 Å². The second-order valence-corrected chi connectivity index (χ2v) is 2.80. The van der Waals surface area contributed by atoms with E-state index in [1.807, 2.05) is 0 Å². The number of nitrogens with zero attached hydrogens (tertiary/aromatic N) is 2. The summed E-state index contributed by atoms with van der Waals surface area (Å²) in [5.41, 5.74) is 7.22. The maximum atomic E-state index is 11.4. The molecular formula is C6H7N5O4. The van der Waals surface area contributed by atoms with Gasteiger partial charge >= 0.3 is 0 Å². The van der Waals surface area contributed by atoms with Gasteiger partial charge in [0, 0.05) is 0 Å². The summed E-state index contributed by atoms with van der Waals surface area (Å²) in [6, 6.07) is -0.756. The molecule has 1 aliphatic rings. The van der Waals surface area contributed by atoms with Crippen LogP contribution >= 0.6 is 0 Å². The van der Waals surface area contributed by atoms with Crippen molar-refractivity contribution >= 4 is 17.6 Å². The van der Waals surface area contributed by atoms with Gasteiger partial charge in [0.2, 0.25) is 11.5 Å². The maximum Gasteiger partial charge on any atom is 0.278 e. The van der Waals surface area contributed by atoms with Crippen LogP contribution in [0.25, 0.3) is 0 Å². The molecule has 1 saturated heterocycles. The van der Waals surface area contributed by atoms with Crippen LogP contribution in [0, 0.1) is 0 Å². The number of hydrogen-bond acceptors (Lipinski definition) is 7. The molecule has 1 aliphatic heterocycles. The average Bonchev–Trinajstić information content (AvgIpc) is 2.76. The number of nitrogens with one attached hydrogen (secondary N) is 2. The van der Waals surface area contributed by atoms with Gasteiger partial charge in [-0.3, -0.25) is 14.4 Å². The van der Waals surface area contributed by atoms with Gasteiger partial charge in [-0.1, -0.05) is 0 Å². The highest BCUT2D eigenvalue weighted by molar-refractivity contribution is 5.99. The molecule has 0 aromatic carbocycles. The molecule has 0 unspecified atom stereocenters. The fourth-order valence-corrected chi connectivity index (χ4v) is 1.03. The van der Waals surface area contributed by atoms with E-state index in [1.165, 1.54) is 0 Å². The summed E-state index contributed by atoms with van der Waals surface area (Å²) in [7, 11) is 0. The van der Waals surface area contributed by atoms with Crippen LogP contribution in [0.3, 0.4) is 0 Å². The third-order valence-electron chi connectivity index (χ3n) is 1.77. The smallest absolute Gasteiger partial charge is 0.278 e. The van der Waals surface area contributed by atoms with Crippen molar-refractivity contribution in [3.8, 4) is 0 Å². The fraction of sp³-hybridized carbons (Fsp3) is 0.333. The summed E-state index contributed by atoms with van der Waals surface area (Å²) in [5, 5.41) is 8.87. The standard InChI is InChI=1S/C6H7N5O4/c7-4-3(9-15-10-4)6(13)8-2-1-14-11-5(2)12/h2H,1H2,(H2,7,10)(H,8,13)(H,11,12)/t2-/m1/s1. The second kappa shape index (κ2) is 3.53. The highest BCUT2D eigenvalue weighted by Crippen LogP contribution is 2.04. The lowest BCUT2D eigenvalue weighted by Gasteiger charge is -2.05. The van der Waals surface area contributed by atoms with Gasteiger partial charge in [0.05, 0.1) is 0 Å². The predicted molar refractivity (Wildman–Crippen MR) is 44.1 cm³/mol. The van der Waals surface area contributed by atoms with E-state index < -0.39 is 17.9 Å². The quantitative estimate of drug-likeness (QED) is 0.508. The van der Waals surface area contributed by atoms with Gasteiger partial charge in [-0.15, -0.1) is 0 Å². The molecule has 2 rings (SSSR count). The number of nitrogen functional groups attached to an aromatic ring is 1. The molecule has 0 spiro atoms. The van der Waals surface area contributed by atoms with Crippen molar-refractivity contribution in [3.05, 3.63) is 5.69 Å². The van der Waals surface area contributed by atoms with Crippen LogP contribution in [0.15, 0.2) is 4.63 Å². The molecule has 1 aromatic heterocycles. The Bertz CT molecular complexity index is 402. The molecule has 15 heavy (non-hydrogen) atoms. The lowest BCUT2D eigenvalue weighted by molar-refractivity contribution is -0.125. The molecule has 1 atom stereocenters. The first-order chi connectivity index (χ1) is 7.18. The van der Waals surface area contributed by atoms with Gasteiger partial charge in [0.1, 0.15) is 12.6 Å². The van der Waals surface area contributed by atoms with Gasteiger partial charge in [-0.25, -0.2) is 10.1 Å². The van der Waals surface area contributed by atoms with E-state index in [-0.39, 0.29) is 18.1 Å². The van der Waals surface area contributed by atoms with Crippen LogP contribution in [0.2, 0.25) is 0 Å². The van der Waals surface area contributed by atoms with Crippen molar-refractivity contribution in [3.63, 3.8) is 0 Å². The third kappa shape index (κ3) is 1.72. The minimum atomic E-state index is -0.756. The number of anilines is 1. The molecule has 0 saturated carbocycles. The normalized spacial score (nSPS) is 20.0. The van der Waals surface area contributed by atoms with Gasteiger partial charge < -0.3 is 11.1 Å². The Hall–Kier alpha value is -2.16. The average molecular weight is 213 g/mol. The Morgan fingerprint density at radius 1 is 1.60 bits per heavy atom. The van der Waals surface area contributed by atoms with Crippen molar-refractivity contribution < 1.29 is 19.1 Å². The van der Waals surface area contributed by atoms with E-state index in [4.69, 9.17) is 5.73 Å². The zero-order valence-electron chi connectivity index (χ0n) is 7.39. The minimum Gasteiger partial charge on any atom is -0.379 e. The summed E-state index contributed by atoms with van der Waals surface area (Å²) < 4.78 is 4.24. The number of carbonyl (C=O) groups excluding carboxylic acids is 2. The topological polar surface area (TPSA) is 132 Å². The number of hydrogen-bond donors (Lipinski definition) is 3. The Morgan fingerprint density at radius 2 is 2.40 bits per heavy atom. The number of aromatic nitrogens is 2. The molecule has 2 amide bonds. The molecule has 9 heteroatoms. The van der Waals surface area contributed by atoms with E-state index >= 15 is 0 Å². The van der Waals surface area contributed by atoms with E-state index in [1.54, 1.807) is 0 Å². The number of nitrogens with two attached hydrogens (primary N) is 1. The molecule has 0 radical (unpaired) electrons. The van der Waals surface area contributed by atoms with Crippen LogP contribution in [0.5, 0.6) is 0 Å². The highest BCUT2D eigenvalue weighted by atomic mass is 16.7. The van der Waals surface area contributed by atoms with Gasteiger partial charge in [0.25, 0.3) is 11.8 Å². The Morgan fingerprint density at radius 3 is 2.93 bits per heavy atom. The molecule has 0 bridgehead atoms. The number of hydroxylamine groups is 1. The Balaban J connectivity index is 2.04. The second-order valence-electron chi connectivity index (χ2n) is 2.80. The first-order valence-electron chi connectivity index (χ1n) is 3.99. The van der Waals surface area contributed by atoms with Crippen molar-refractivity contribution in [2.45, 2.75) is 6.04 Å². The molecule has 9 nitrogen and oxygen atoms in total. The van der Waals surface area contributed by atoms with Crippen molar-refractivity contribution in [2.24, 2.45) is 0 Å². The van der Waals surface area contributed by atoms with Gasteiger partial charge in [-0.2, -0.15) is 0 Å². The summed E-state index contributed by atoms with van der Waals surface area (Å²) in [4.78, 5) is 27.1. The molecule has 1 aromatic rings. The van der Waals surface area contributed by atoms with Crippen LogP contribution in [-0.2, 0) is 9.63 Å². The first-order valence-corrected chi connectivity index (χ1v) is 3.99.